The summed E-state index contributed by atoms with van der Waals surface area (Å²) in [4.78, 5) is 24.6. The van der Waals surface area contributed by atoms with Crippen LogP contribution in [0.5, 0.6) is 11.5 Å². The number of esters is 1. The lowest BCUT2D eigenvalue weighted by Gasteiger charge is -2.11. The topological polar surface area (TPSA) is 77.0 Å². The molecule has 3 rings (SSSR count). The van der Waals surface area contributed by atoms with Crippen molar-refractivity contribution >= 4 is 45.6 Å². The van der Waals surface area contributed by atoms with Crippen LogP contribution in [0.25, 0.3) is 0 Å². The van der Waals surface area contributed by atoms with Crippen molar-refractivity contribution in [3.63, 3.8) is 0 Å². The highest BCUT2D eigenvalue weighted by Crippen LogP contribution is 2.25. The zero-order chi connectivity index (χ0) is 23.1. The fourth-order valence-corrected chi connectivity index (χ4v) is 3.46. The highest BCUT2D eigenvalue weighted by Gasteiger charge is 2.14. The second-order valence-electron chi connectivity index (χ2n) is 6.85. The molecule has 0 aliphatic rings. The van der Waals surface area contributed by atoms with Gasteiger partial charge >= 0.3 is 5.97 Å². The summed E-state index contributed by atoms with van der Waals surface area (Å²) in [6.45, 7) is 3.64. The van der Waals surface area contributed by atoms with Gasteiger partial charge in [-0.1, -0.05) is 57.9 Å². The molecule has 32 heavy (non-hydrogen) atoms. The Hall–Kier alpha value is -3.16. The number of amides is 1. The standard InChI is InChI=1S/C24H20BrClN2O4/c1-15-6-5-7-16(2)23(15)31-14-22(29)28-27-13-17-12-18(25)10-11-21(17)32-24(30)19-8-3-4-9-20(19)26/h3-13H,14H2,1-2H3,(H,28,29)/b27-13+. The average molecular weight is 516 g/mol. The number of rotatable bonds is 7. The normalized spacial score (nSPS) is 10.8. The maximum Gasteiger partial charge on any atom is 0.345 e. The van der Waals surface area contributed by atoms with Crippen molar-refractivity contribution in [2.45, 2.75) is 13.8 Å². The molecule has 0 unspecified atom stereocenters. The monoisotopic (exact) mass is 514 g/mol. The third kappa shape index (κ3) is 6.18. The minimum absolute atomic E-state index is 0.185. The molecule has 3 aromatic carbocycles. The fraction of sp³-hybridized carbons (Fsp3) is 0.125. The molecule has 6 nitrogen and oxygen atoms in total. The Labute approximate surface area is 199 Å². The largest absolute Gasteiger partial charge is 0.483 e. The third-order valence-corrected chi connectivity index (χ3v) is 5.24. The van der Waals surface area contributed by atoms with E-state index in [2.05, 4.69) is 26.5 Å². The predicted octanol–water partition coefficient (Wildman–Crippen LogP) is 5.47. The van der Waals surface area contributed by atoms with Crippen molar-refractivity contribution in [1.82, 2.24) is 5.43 Å². The highest BCUT2D eigenvalue weighted by molar-refractivity contribution is 9.10. The van der Waals surface area contributed by atoms with Gasteiger partial charge in [0.2, 0.25) is 0 Å². The molecule has 0 saturated heterocycles. The van der Waals surface area contributed by atoms with Gasteiger partial charge in [0, 0.05) is 10.0 Å². The molecular weight excluding hydrogens is 496 g/mol. The van der Waals surface area contributed by atoms with Gasteiger partial charge in [0.1, 0.15) is 11.5 Å². The maximum absolute atomic E-state index is 12.5. The van der Waals surface area contributed by atoms with E-state index in [-0.39, 0.29) is 17.9 Å². The van der Waals surface area contributed by atoms with Gasteiger partial charge in [0.05, 0.1) is 16.8 Å². The van der Waals surface area contributed by atoms with Crippen molar-refractivity contribution in [2.24, 2.45) is 5.10 Å². The van der Waals surface area contributed by atoms with Gasteiger partial charge in [0.15, 0.2) is 6.61 Å². The first kappa shape index (κ1) is 23.5. The summed E-state index contributed by atoms with van der Waals surface area (Å²) >= 11 is 9.44. The first-order valence-electron chi connectivity index (χ1n) is 9.62. The Morgan fingerprint density at radius 3 is 2.50 bits per heavy atom. The second-order valence-corrected chi connectivity index (χ2v) is 8.18. The van der Waals surface area contributed by atoms with Crippen LogP contribution in [0.2, 0.25) is 5.02 Å². The van der Waals surface area contributed by atoms with Gasteiger partial charge < -0.3 is 9.47 Å². The Morgan fingerprint density at radius 1 is 1.06 bits per heavy atom. The van der Waals surface area contributed by atoms with Crippen molar-refractivity contribution in [3.05, 3.63) is 92.4 Å². The molecule has 0 heterocycles. The number of hydrogen-bond acceptors (Lipinski definition) is 5. The predicted molar refractivity (Wildman–Crippen MR) is 128 cm³/mol. The molecule has 0 aliphatic carbocycles. The SMILES string of the molecule is Cc1cccc(C)c1OCC(=O)N/N=C/c1cc(Br)ccc1OC(=O)c1ccccc1Cl. The molecule has 1 N–H and O–H groups in total. The van der Waals surface area contributed by atoms with Crippen molar-refractivity contribution in [2.75, 3.05) is 6.61 Å². The number of hydrogen-bond donors (Lipinski definition) is 1. The quantitative estimate of drug-likeness (QED) is 0.196. The zero-order valence-electron chi connectivity index (χ0n) is 17.4. The van der Waals surface area contributed by atoms with E-state index < -0.39 is 11.9 Å². The van der Waals surface area contributed by atoms with Crippen LogP contribution in [0.15, 0.2) is 70.2 Å². The molecule has 8 heteroatoms. The molecule has 0 aromatic heterocycles. The van der Waals surface area contributed by atoms with Gasteiger partial charge in [-0.25, -0.2) is 10.2 Å². The van der Waals surface area contributed by atoms with Crippen LogP contribution in [0.1, 0.15) is 27.0 Å². The van der Waals surface area contributed by atoms with Crippen LogP contribution < -0.4 is 14.9 Å². The van der Waals surface area contributed by atoms with Gasteiger partial charge in [0.25, 0.3) is 5.91 Å². The molecule has 0 fully saturated rings. The van der Waals surface area contributed by atoms with E-state index in [1.807, 2.05) is 32.0 Å². The number of nitrogens with one attached hydrogen (secondary N) is 1. The summed E-state index contributed by atoms with van der Waals surface area (Å²) in [5.74, 6) is -0.0811. The zero-order valence-corrected chi connectivity index (χ0v) is 19.7. The molecule has 0 saturated carbocycles. The van der Waals surface area contributed by atoms with Crippen molar-refractivity contribution < 1.29 is 19.1 Å². The lowest BCUT2D eigenvalue weighted by atomic mass is 10.1. The minimum Gasteiger partial charge on any atom is -0.483 e. The van der Waals surface area contributed by atoms with Crippen LogP contribution in [-0.4, -0.2) is 24.7 Å². The number of halogens is 2. The number of carbonyl (C=O) groups excluding carboxylic acids is 2. The van der Waals surface area contributed by atoms with E-state index in [1.165, 1.54) is 6.21 Å². The van der Waals surface area contributed by atoms with Crippen LogP contribution in [0.3, 0.4) is 0 Å². The number of ether oxygens (including phenoxy) is 2. The first-order chi connectivity index (χ1) is 15.3. The number of benzene rings is 3. The Balaban J connectivity index is 1.65. The highest BCUT2D eigenvalue weighted by atomic mass is 79.9. The minimum atomic E-state index is -0.599. The molecule has 0 atom stereocenters. The summed E-state index contributed by atoms with van der Waals surface area (Å²) in [6, 6.07) is 17.4. The Morgan fingerprint density at radius 2 is 1.78 bits per heavy atom. The Bertz CT molecular complexity index is 1160. The van der Waals surface area contributed by atoms with Crippen molar-refractivity contribution in [3.8, 4) is 11.5 Å². The molecule has 3 aromatic rings. The van der Waals surface area contributed by atoms with Gasteiger partial charge in [-0.2, -0.15) is 5.10 Å². The van der Waals surface area contributed by atoms with Crippen LogP contribution in [-0.2, 0) is 4.79 Å². The number of nitrogens with zero attached hydrogens (tertiary/aromatic N) is 1. The van der Waals surface area contributed by atoms with E-state index in [1.54, 1.807) is 42.5 Å². The molecule has 0 radical (unpaired) electrons. The van der Waals surface area contributed by atoms with Gasteiger partial charge in [-0.15, -0.1) is 0 Å². The summed E-state index contributed by atoms with van der Waals surface area (Å²) in [5, 5.41) is 4.25. The maximum atomic E-state index is 12.5. The summed E-state index contributed by atoms with van der Waals surface area (Å²) < 4.78 is 11.8. The molecule has 1 amide bonds. The number of para-hydroxylation sites is 1. The number of aryl methyl sites for hydroxylation is 2. The van der Waals surface area contributed by atoms with E-state index in [0.717, 1.165) is 15.6 Å². The molecule has 0 bridgehead atoms. The van der Waals surface area contributed by atoms with E-state index in [9.17, 15) is 9.59 Å². The molecule has 0 aliphatic heterocycles. The van der Waals surface area contributed by atoms with Crippen LogP contribution in [0, 0.1) is 13.8 Å². The van der Waals surface area contributed by atoms with E-state index in [4.69, 9.17) is 21.1 Å². The third-order valence-electron chi connectivity index (χ3n) is 4.42. The summed E-state index contributed by atoms with van der Waals surface area (Å²) in [7, 11) is 0. The van der Waals surface area contributed by atoms with Gasteiger partial charge in [-0.05, 0) is 55.3 Å². The lowest BCUT2D eigenvalue weighted by Crippen LogP contribution is -2.25. The van der Waals surface area contributed by atoms with Crippen LogP contribution in [0.4, 0.5) is 0 Å². The molecular formula is C24H20BrClN2O4. The second kappa shape index (κ2) is 10.9. The lowest BCUT2D eigenvalue weighted by molar-refractivity contribution is -0.123. The first-order valence-corrected chi connectivity index (χ1v) is 10.8. The Kier molecular flexibility index (Phi) is 8.03. The van der Waals surface area contributed by atoms with E-state index >= 15 is 0 Å². The average Bonchev–Trinajstić information content (AvgIpc) is 2.75. The van der Waals surface area contributed by atoms with Crippen molar-refractivity contribution in [1.29, 1.82) is 0 Å². The fourth-order valence-electron chi connectivity index (χ4n) is 2.87. The van der Waals surface area contributed by atoms with E-state index in [0.29, 0.717) is 16.3 Å². The molecule has 0 spiro atoms. The smallest absolute Gasteiger partial charge is 0.345 e. The number of hydrazone groups is 1. The molecule has 164 valence electrons. The number of carbonyl (C=O) groups is 2. The summed E-state index contributed by atoms with van der Waals surface area (Å²) in [6.07, 6.45) is 1.39. The van der Waals surface area contributed by atoms with Gasteiger partial charge in [-0.3, -0.25) is 4.79 Å². The van der Waals surface area contributed by atoms with Crippen LogP contribution >= 0.6 is 27.5 Å². The summed E-state index contributed by atoms with van der Waals surface area (Å²) in [5.41, 5.74) is 5.03.